The molecule has 3 rings (SSSR count). The van der Waals surface area contributed by atoms with Crippen molar-refractivity contribution in [3.8, 4) is 5.88 Å². The lowest BCUT2D eigenvalue weighted by Crippen LogP contribution is -2.54. The van der Waals surface area contributed by atoms with Gasteiger partial charge in [-0.25, -0.2) is 4.98 Å². The summed E-state index contributed by atoms with van der Waals surface area (Å²) in [5.41, 5.74) is 0.291. The predicted molar refractivity (Wildman–Crippen MR) is 71.6 cm³/mol. The molecule has 0 aromatic carbocycles. The van der Waals surface area contributed by atoms with Gasteiger partial charge in [0, 0.05) is 31.2 Å². The minimum Gasteiger partial charge on any atom is -0.481 e. The van der Waals surface area contributed by atoms with E-state index in [-0.39, 0.29) is 18.0 Å². The molecule has 1 N–H and O–H groups in total. The summed E-state index contributed by atoms with van der Waals surface area (Å²) in [7, 11) is 1.53. The Bertz CT molecular complexity index is 493. The topological polar surface area (TPSA) is 54.5 Å². The van der Waals surface area contributed by atoms with Gasteiger partial charge in [0.2, 0.25) is 5.88 Å². The maximum atomic E-state index is 12.6. The maximum Gasteiger partial charge on any atom is 0.274 e. The third-order valence-electron chi connectivity index (χ3n) is 3.85. The highest BCUT2D eigenvalue weighted by Gasteiger charge is 2.40. The number of nitrogens with one attached hydrogen (secondary N) is 1. The Morgan fingerprint density at radius 3 is 2.74 bits per heavy atom. The van der Waals surface area contributed by atoms with Gasteiger partial charge < -0.3 is 15.0 Å². The highest BCUT2D eigenvalue weighted by molar-refractivity contribution is 6.33. The van der Waals surface area contributed by atoms with Crippen molar-refractivity contribution in [1.82, 2.24) is 15.2 Å². The Labute approximate surface area is 116 Å². The van der Waals surface area contributed by atoms with Crippen LogP contribution in [0.15, 0.2) is 12.1 Å². The third-order valence-corrected chi connectivity index (χ3v) is 4.15. The predicted octanol–water partition coefficient (Wildman–Crippen LogP) is 1.32. The smallest absolute Gasteiger partial charge is 0.274 e. The number of nitrogens with zero attached hydrogens (tertiary/aromatic N) is 2. The fourth-order valence-electron chi connectivity index (χ4n) is 2.92. The summed E-state index contributed by atoms with van der Waals surface area (Å²) < 4.78 is 5.06. The molecular formula is C13H16ClN3O2. The summed E-state index contributed by atoms with van der Waals surface area (Å²) >= 11 is 6.10. The number of rotatable bonds is 2. The van der Waals surface area contributed by atoms with Crippen LogP contribution >= 0.6 is 11.6 Å². The van der Waals surface area contributed by atoms with E-state index in [2.05, 4.69) is 10.3 Å². The SMILES string of the molecule is COc1ccc(Cl)c(C(=O)N2C3CCC2CNC3)n1. The number of carbonyl (C=O) groups is 1. The number of hydrogen-bond acceptors (Lipinski definition) is 4. The number of methoxy groups -OCH3 is 1. The van der Waals surface area contributed by atoms with Crippen molar-refractivity contribution < 1.29 is 9.53 Å². The van der Waals surface area contributed by atoms with Gasteiger partial charge in [0.1, 0.15) is 0 Å². The lowest BCUT2D eigenvalue weighted by atomic mass is 10.2. The Morgan fingerprint density at radius 2 is 2.11 bits per heavy atom. The Morgan fingerprint density at radius 1 is 1.42 bits per heavy atom. The molecule has 6 heteroatoms. The third kappa shape index (κ3) is 2.17. The van der Waals surface area contributed by atoms with E-state index in [0.29, 0.717) is 16.6 Å². The number of fused-ring (bicyclic) bond motifs is 2. The number of piperazine rings is 1. The molecule has 1 amide bonds. The molecule has 2 unspecified atom stereocenters. The summed E-state index contributed by atoms with van der Waals surface area (Å²) in [4.78, 5) is 18.8. The molecule has 2 saturated heterocycles. The second-order valence-corrected chi connectivity index (χ2v) is 5.35. The monoisotopic (exact) mass is 281 g/mol. The van der Waals surface area contributed by atoms with Crippen LogP contribution in [0.2, 0.25) is 5.02 Å². The van der Waals surface area contributed by atoms with Crippen LogP contribution in [0.4, 0.5) is 0 Å². The number of hydrogen-bond donors (Lipinski definition) is 1. The molecule has 0 aliphatic carbocycles. The second kappa shape index (κ2) is 4.98. The molecule has 2 aliphatic heterocycles. The molecule has 102 valence electrons. The Kier molecular flexibility index (Phi) is 3.33. The first-order valence-electron chi connectivity index (χ1n) is 6.44. The van der Waals surface area contributed by atoms with Crippen molar-refractivity contribution in [1.29, 1.82) is 0 Å². The van der Waals surface area contributed by atoms with Gasteiger partial charge in [-0.2, -0.15) is 0 Å². The molecular weight excluding hydrogens is 266 g/mol. The van der Waals surface area contributed by atoms with Crippen molar-refractivity contribution >= 4 is 17.5 Å². The molecule has 1 aromatic rings. The second-order valence-electron chi connectivity index (χ2n) is 4.94. The zero-order valence-electron chi connectivity index (χ0n) is 10.7. The molecule has 2 bridgehead atoms. The van der Waals surface area contributed by atoms with E-state index in [1.165, 1.54) is 7.11 Å². The van der Waals surface area contributed by atoms with Crippen LogP contribution in [0.5, 0.6) is 5.88 Å². The van der Waals surface area contributed by atoms with Crippen LogP contribution in [0.25, 0.3) is 0 Å². The van der Waals surface area contributed by atoms with Crippen molar-refractivity contribution in [2.45, 2.75) is 24.9 Å². The minimum atomic E-state index is -0.0853. The van der Waals surface area contributed by atoms with E-state index >= 15 is 0 Å². The van der Waals surface area contributed by atoms with Crippen LogP contribution in [0.3, 0.4) is 0 Å². The molecule has 3 heterocycles. The van der Waals surface area contributed by atoms with Crippen LogP contribution in [-0.4, -0.2) is 48.1 Å². The molecule has 0 saturated carbocycles. The lowest BCUT2D eigenvalue weighted by Gasteiger charge is -2.35. The summed E-state index contributed by atoms with van der Waals surface area (Å²) in [5, 5.41) is 3.73. The minimum absolute atomic E-state index is 0.0853. The van der Waals surface area contributed by atoms with E-state index in [1.54, 1.807) is 12.1 Å². The van der Waals surface area contributed by atoms with E-state index < -0.39 is 0 Å². The average Bonchev–Trinajstić information content (AvgIpc) is 2.68. The first-order valence-corrected chi connectivity index (χ1v) is 6.82. The standard InChI is InChI=1S/C13H16ClN3O2/c1-19-11-5-4-10(14)12(16-11)13(18)17-8-2-3-9(17)7-15-6-8/h4-5,8-9,15H,2-3,6-7H2,1H3. The van der Waals surface area contributed by atoms with Gasteiger partial charge in [0.15, 0.2) is 5.69 Å². The molecule has 5 nitrogen and oxygen atoms in total. The van der Waals surface area contributed by atoms with E-state index in [9.17, 15) is 4.79 Å². The van der Waals surface area contributed by atoms with Crippen molar-refractivity contribution in [2.75, 3.05) is 20.2 Å². The van der Waals surface area contributed by atoms with Gasteiger partial charge in [0.25, 0.3) is 5.91 Å². The highest BCUT2D eigenvalue weighted by Crippen LogP contribution is 2.30. The fraction of sp³-hybridized carbons (Fsp3) is 0.538. The summed E-state index contributed by atoms with van der Waals surface area (Å²) in [6.07, 6.45) is 2.09. The van der Waals surface area contributed by atoms with Crippen molar-refractivity contribution in [2.24, 2.45) is 0 Å². The Hall–Kier alpha value is -1.33. The van der Waals surface area contributed by atoms with Gasteiger partial charge in [-0.3, -0.25) is 4.79 Å². The van der Waals surface area contributed by atoms with Crippen LogP contribution in [0.1, 0.15) is 23.3 Å². The van der Waals surface area contributed by atoms with Gasteiger partial charge in [-0.15, -0.1) is 0 Å². The first kappa shape index (κ1) is 12.7. The van der Waals surface area contributed by atoms with E-state index in [4.69, 9.17) is 16.3 Å². The number of aromatic nitrogens is 1. The zero-order chi connectivity index (χ0) is 13.4. The van der Waals surface area contributed by atoms with Gasteiger partial charge in [-0.1, -0.05) is 11.6 Å². The molecule has 0 spiro atoms. The van der Waals surface area contributed by atoms with E-state index in [1.807, 2.05) is 4.90 Å². The van der Waals surface area contributed by atoms with Crippen LogP contribution < -0.4 is 10.1 Å². The lowest BCUT2D eigenvalue weighted by molar-refractivity contribution is 0.0612. The normalized spacial score (nSPS) is 25.5. The van der Waals surface area contributed by atoms with Gasteiger partial charge in [-0.05, 0) is 18.9 Å². The molecule has 1 aromatic heterocycles. The summed E-state index contributed by atoms with van der Waals surface area (Å²) in [5.74, 6) is 0.327. The molecule has 2 fully saturated rings. The van der Waals surface area contributed by atoms with Crippen LogP contribution in [-0.2, 0) is 0 Å². The number of ether oxygens (including phenoxy) is 1. The number of pyridine rings is 1. The highest BCUT2D eigenvalue weighted by atomic mass is 35.5. The summed E-state index contributed by atoms with van der Waals surface area (Å²) in [6.45, 7) is 1.70. The van der Waals surface area contributed by atoms with E-state index in [0.717, 1.165) is 25.9 Å². The number of halogens is 1. The van der Waals surface area contributed by atoms with Crippen molar-refractivity contribution in [3.05, 3.63) is 22.8 Å². The number of carbonyl (C=O) groups excluding carboxylic acids is 1. The first-order chi connectivity index (χ1) is 9.20. The van der Waals surface area contributed by atoms with Gasteiger partial charge >= 0.3 is 0 Å². The van der Waals surface area contributed by atoms with Gasteiger partial charge in [0.05, 0.1) is 12.1 Å². The maximum absolute atomic E-state index is 12.6. The molecule has 19 heavy (non-hydrogen) atoms. The molecule has 2 atom stereocenters. The Balaban J connectivity index is 1.91. The largest absolute Gasteiger partial charge is 0.481 e. The van der Waals surface area contributed by atoms with Crippen molar-refractivity contribution in [3.63, 3.8) is 0 Å². The number of amides is 1. The molecule has 2 aliphatic rings. The quantitative estimate of drug-likeness (QED) is 0.888. The average molecular weight is 282 g/mol. The molecule has 0 radical (unpaired) electrons. The van der Waals surface area contributed by atoms with Crippen LogP contribution in [0, 0.1) is 0 Å². The zero-order valence-corrected chi connectivity index (χ0v) is 11.5. The fourth-order valence-corrected chi connectivity index (χ4v) is 3.11. The summed E-state index contributed by atoms with van der Waals surface area (Å²) in [6, 6.07) is 3.83.